The first kappa shape index (κ1) is 30.0. The first-order chi connectivity index (χ1) is 19.8. The number of methoxy groups -OCH3 is 1. The summed E-state index contributed by atoms with van der Waals surface area (Å²) in [5, 5.41) is 0. The number of imidazole rings is 1. The molecule has 0 aliphatic carbocycles. The predicted octanol–water partition coefficient (Wildman–Crippen LogP) is 2.36. The molecule has 0 spiro atoms. The van der Waals surface area contributed by atoms with Gasteiger partial charge in [-0.1, -0.05) is 37.6 Å². The Kier molecular flexibility index (Phi) is 10.3. The number of piperidine rings is 1. The van der Waals surface area contributed by atoms with Gasteiger partial charge in [-0.15, -0.1) is 0 Å². The second-order valence-electron chi connectivity index (χ2n) is 10.6. The molecule has 1 amide bonds. The number of carbonyl (C=O) groups excluding carboxylic acids is 2. The fourth-order valence-corrected chi connectivity index (χ4v) is 5.03. The highest BCUT2D eigenvalue weighted by Gasteiger charge is 2.27. The van der Waals surface area contributed by atoms with E-state index in [2.05, 4.69) is 33.8 Å². The molecule has 0 atom stereocenters. The second kappa shape index (κ2) is 14.1. The highest BCUT2D eigenvalue weighted by molar-refractivity contribution is 5.82. The standard InChI is InChI=1S/C29H41N7O5/c1-4-5-17-41-28-32-25(30)24-26(33-28)36(29(39)31-24)14-6-13-35(27(38)22-11-15-34(2)16-12-22)19-21-9-7-20(8-10-21)18-23(37)40-3/h7-10,22H,4-6,11-19H2,1-3H3,(H,31,39)(H2,30,32,33). The van der Waals surface area contributed by atoms with Crippen molar-refractivity contribution in [1.82, 2.24) is 29.3 Å². The summed E-state index contributed by atoms with van der Waals surface area (Å²) in [6.45, 7) is 5.56. The molecule has 0 radical (unpaired) electrons. The maximum absolute atomic E-state index is 13.7. The van der Waals surface area contributed by atoms with Crippen molar-refractivity contribution in [1.29, 1.82) is 0 Å². The molecule has 3 aromatic rings. The van der Waals surface area contributed by atoms with Crippen LogP contribution in [-0.2, 0) is 33.8 Å². The van der Waals surface area contributed by atoms with Crippen molar-refractivity contribution in [3.63, 3.8) is 0 Å². The highest BCUT2D eigenvalue weighted by Crippen LogP contribution is 2.22. The Labute approximate surface area is 239 Å². The van der Waals surface area contributed by atoms with Crippen LogP contribution in [0.3, 0.4) is 0 Å². The van der Waals surface area contributed by atoms with Crippen LogP contribution in [0.15, 0.2) is 29.1 Å². The number of hydrogen-bond acceptors (Lipinski definition) is 9. The number of unbranched alkanes of at least 4 members (excludes halogenated alkanes) is 1. The number of benzene rings is 1. The number of rotatable bonds is 13. The first-order valence-electron chi connectivity index (χ1n) is 14.3. The van der Waals surface area contributed by atoms with Crippen molar-refractivity contribution in [2.45, 2.75) is 58.5 Å². The lowest BCUT2D eigenvalue weighted by Crippen LogP contribution is -2.42. The van der Waals surface area contributed by atoms with Gasteiger partial charge in [0.25, 0.3) is 0 Å². The topological polar surface area (TPSA) is 149 Å². The van der Waals surface area contributed by atoms with Gasteiger partial charge < -0.3 is 30.0 Å². The van der Waals surface area contributed by atoms with Crippen LogP contribution in [0.25, 0.3) is 11.2 Å². The van der Waals surface area contributed by atoms with E-state index in [0.29, 0.717) is 43.8 Å². The van der Waals surface area contributed by atoms with Gasteiger partial charge in [0.05, 0.1) is 20.1 Å². The van der Waals surface area contributed by atoms with Crippen molar-refractivity contribution in [2.24, 2.45) is 5.92 Å². The molecule has 3 N–H and O–H groups in total. The lowest BCUT2D eigenvalue weighted by Gasteiger charge is -2.32. The third kappa shape index (κ3) is 7.84. The molecule has 4 rings (SSSR count). The Balaban J connectivity index is 1.48. The SMILES string of the molecule is CCCCOc1nc(N)c2[nH]c(=O)n(CCCN(Cc3ccc(CC(=O)OC)cc3)C(=O)C3CCN(C)CC3)c2n1. The molecular formula is C29H41N7O5. The van der Waals surface area contributed by atoms with Crippen LogP contribution in [0, 0.1) is 5.92 Å². The first-order valence-corrected chi connectivity index (χ1v) is 14.3. The molecule has 1 fully saturated rings. The number of amides is 1. The summed E-state index contributed by atoms with van der Waals surface area (Å²) in [4.78, 5) is 53.6. The molecule has 0 bridgehead atoms. The second-order valence-corrected chi connectivity index (χ2v) is 10.6. The van der Waals surface area contributed by atoms with E-state index in [4.69, 9.17) is 15.2 Å². The van der Waals surface area contributed by atoms with Crippen molar-refractivity contribution < 1.29 is 19.1 Å². The molecule has 222 valence electrons. The van der Waals surface area contributed by atoms with Gasteiger partial charge in [0.15, 0.2) is 11.5 Å². The van der Waals surface area contributed by atoms with Gasteiger partial charge in [0, 0.05) is 25.6 Å². The zero-order valence-electron chi connectivity index (χ0n) is 24.2. The molecule has 3 heterocycles. The van der Waals surface area contributed by atoms with Crippen LogP contribution in [0.5, 0.6) is 6.01 Å². The van der Waals surface area contributed by atoms with Crippen molar-refractivity contribution in [2.75, 3.05) is 46.1 Å². The summed E-state index contributed by atoms with van der Waals surface area (Å²) in [6.07, 6.45) is 4.22. The Morgan fingerprint density at radius 3 is 2.51 bits per heavy atom. The number of fused-ring (bicyclic) bond motifs is 1. The molecule has 2 aromatic heterocycles. The quantitative estimate of drug-likeness (QED) is 0.234. The number of carbonyl (C=O) groups is 2. The average molecular weight is 568 g/mol. The zero-order chi connectivity index (χ0) is 29.4. The number of nitrogens with two attached hydrogens (primary N) is 1. The van der Waals surface area contributed by atoms with Crippen molar-refractivity contribution in [3.8, 4) is 6.01 Å². The summed E-state index contributed by atoms with van der Waals surface area (Å²) in [5.74, 6) is -0.0414. The molecule has 1 aliphatic rings. The number of aryl methyl sites for hydroxylation is 1. The number of nitrogens with zero attached hydrogens (tertiary/aromatic N) is 5. The van der Waals surface area contributed by atoms with E-state index in [-0.39, 0.29) is 41.7 Å². The lowest BCUT2D eigenvalue weighted by molar-refractivity contribution is -0.140. The van der Waals surface area contributed by atoms with E-state index in [0.717, 1.165) is 49.9 Å². The molecule has 41 heavy (non-hydrogen) atoms. The number of nitrogen functional groups attached to an aromatic ring is 1. The largest absolute Gasteiger partial charge is 0.469 e. The summed E-state index contributed by atoms with van der Waals surface area (Å²) in [6, 6.07) is 7.81. The van der Waals surface area contributed by atoms with Crippen LogP contribution in [-0.4, -0.2) is 81.6 Å². The fraction of sp³-hybridized carbons (Fsp3) is 0.552. The van der Waals surface area contributed by atoms with E-state index < -0.39 is 0 Å². The average Bonchev–Trinajstić information content (AvgIpc) is 3.29. The van der Waals surface area contributed by atoms with Crippen LogP contribution in [0.2, 0.25) is 0 Å². The van der Waals surface area contributed by atoms with Gasteiger partial charge >= 0.3 is 17.7 Å². The Morgan fingerprint density at radius 1 is 1.12 bits per heavy atom. The van der Waals surface area contributed by atoms with Crippen LogP contribution < -0.4 is 16.2 Å². The van der Waals surface area contributed by atoms with E-state index in [1.807, 2.05) is 29.2 Å². The van der Waals surface area contributed by atoms with E-state index in [1.165, 1.54) is 11.7 Å². The third-order valence-electron chi connectivity index (χ3n) is 7.52. The molecule has 1 saturated heterocycles. The fourth-order valence-electron chi connectivity index (χ4n) is 5.03. The van der Waals surface area contributed by atoms with Gasteiger partial charge in [0.2, 0.25) is 5.91 Å². The maximum Gasteiger partial charge on any atom is 0.327 e. The molecule has 0 saturated carbocycles. The number of likely N-dealkylation sites (tertiary alicyclic amines) is 1. The molecule has 12 nitrogen and oxygen atoms in total. The number of H-pyrrole nitrogens is 1. The Bertz CT molecular complexity index is 1380. The molecule has 1 aliphatic heterocycles. The number of aromatic amines is 1. The smallest absolute Gasteiger partial charge is 0.327 e. The maximum atomic E-state index is 13.7. The number of anilines is 1. The summed E-state index contributed by atoms with van der Waals surface area (Å²) in [5.41, 5.74) is 8.35. The van der Waals surface area contributed by atoms with Crippen molar-refractivity contribution in [3.05, 3.63) is 45.9 Å². The summed E-state index contributed by atoms with van der Waals surface area (Å²) < 4.78 is 11.9. The number of esters is 1. The van der Waals surface area contributed by atoms with Gasteiger partial charge in [-0.25, -0.2) is 4.79 Å². The molecule has 12 heteroatoms. The normalized spacial score (nSPS) is 14.3. The van der Waals surface area contributed by atoms with Gasteiger partial charge in [-0.3, -0.25) is 14.2 Å². The minimum Gasteiger partial charge on any atom is -0.469 e. The number of nitrogens with one attached hydrogen (secondary N) is 1. The Morgan fingerprint density at radius 2 is 1.83 bits per heavy atom. The Hall–Kier alpha value is -3.93. The monoisotopic (exact) mass is 567 g/mol. The zero-order valence-corrected chi connectivity index (χ0v) is 24.2. The van der Waals surface area contributed by atoms with Crippen LogP contribution in [0.4, 0.5) is 5.82 Å². The van der Waals surface area contributed by atoms with E-state index in [9.17, 15) is 14.4 Å². The molecule has 1 aromatic carbocycles. The number of ether oxygens (including phenoxy) is 2. The lowest BCUT2D eigenvalue weighted by atomic mass is 9.95. The molecule has 0 unspecified atom stereocenters. The minimum absolute atomic E-state index is 0.0315. The highest BCUT2D eigenvalue weighted by atomic mass is 16.5. The number of aromatic nitrogens is 4. The van der Waals surface area contributed by atoms with Gasteiger partial charge in [0.1, 0.15) is 5.52 Å². The van der Waals surface area contributed by atoms with Crippen molar-refractivity contribution >= 4 is 28.9 Å². The number of hydrogen-bond donors (Lipinski definition) is 2. The third-order valence-corrected chi connectivity index (χ3v) is 7.52. The van der Waals surface area contributed by atoms with Gasteiger partial charge in [-0.05, 0) is 56.9 Å². The predicted molar refractivity (Wildman–Crippen MR) is 155 cm³/mol. The van der Waals surface area contributed by atoms with Crippen LogP contribution in [0.1, 0.15) is 50.2 Å². The summed E-state index contributed by atoms with van der Waals surface area (Å²) in [7, 11) is 3.44. The summed E-state index contributed by atoms with van der Waals surface area (Å²) >= 11 is 0. The van der Waals surface area contributed by atoms with Gasteiger partial charge in [-0.2, -0.15) is 9.97 Å². The van der Waals surface area contributed by atoms with E-state index >= 15 is 0 Å². The van der Waals surface area contributed by atoms with Crippen LogP contribution >= 0.6 is 0 Å². The minimum atomic E-state index is -0.332. The van der Waals surface area contributed by atoms with E-state index in [1.54, 1.807) is 0 Å². The molecular weight excluding hydrogens is 526 g/mol.